The van der Waals surface area contributed by atoms with Crippen LogP contribution in [-0.2, 0) is 4.79 Å². The summed E-state index contributed by atoms with van der Waals surface area (Å²) in [4.78, 5) is 11.9. The van der Waals surface area contributed by atoms with E-state index in [9.17, 15) is 9.90 Å². The van der Waals surface area contributed by atoms with Crippen LogP contribution in [0.1, 0.15) is 52.9 Å². The summed E-state index contributed by atoms with van der Waals surface area (Å²) < 4.78 is 17.0. The Morgan fingerprint density at radius 1 is 1.30 bits per heavy atom. The minimum Gasteiger partial charge on any atom is -0.390 e. The maximum Gasteiger partial charge on any atom is 0.178 e. The number of aliphatic hydroxyl groups excluding tert-OH is 1. The van der Waals surface area contributed by atoms with Crippen molar-refractivity contribution in [3.05, 3.63) is 23.8 Å². The largest absolute Gasteiger partial charge is 0.390 e. The molecule has 4 rings (SSSR count). The lowest BCUT2D eigenvalue weighted by Crippen LogP contribution is -2.67. The summed E-state index contributed by atoms with van der Waals surface area (Å²) in [7, 11) is 0. The maximum atomic E-state index is 16.9. The fourth-order valence-electron chi connectivity index (χ4n) is 7.02. The standard InChI is InChI=1S/C22H31FO2S2/c1-5-27-21(26-4)11-9-16-17-7-6-14-12-15(24)8-10-19(14,2)22(17,23)18(25)13-20(16,21)3/h8,10,12,16-18,25H,5-7,9,11,13H2,1-4H3. The molecule has 2 nitrogen and oxygen atoms in total. The zero-order chi connectivity index (χ0) is 19.7. The summed E-state index contributed by atoms with van der Waals surface area (Å²) in [6.45, 7) is 6.40. The van der Waals surface area contributed by atoms with Crippen molar-refractivity contribution in [2.24, 2.45) is 22.7 Å². The molecule has 27 heavy (non-hydrogen) atoms. The SMILES string of the molecule is CCSC1(SC)CCC2C3CCC4=CC(=O)C=CC4(C)C3(F)C(O)CC21C. The van der Waals surface area contributed by atoms with Gasteiger partial charge in [-0.1, -0.05) is 25.5 Å². The van der Waals surface area contributed by atoms with Crippen LogP contribution in [-0.4, -0.2) is 38.8 Å². The fraction of sp³-hybridized carbons (Fsp3) is 0.773. The van der Waals surface area contributed by atoms with Gasteiger partial charge < -0.3 is 5.11 Å². The van der Waals surface area contributed by atoms with Crippen LogP contribution in [0.3, 0.4) is 0 Å². The molecule has 0 spiro atoms. The first-order chi connectivity index (χ1) is 12.7. The summed E-state index contributed by atoms with van der Waals surface area (Å²) in [6.07, 6.45) is 10.2. The molecule has 1 N–H and O–H groups in total. The Bertz CT molecular complexity index is 721. The number of thioether (sulfide) groups is 2. The Kier molecular flexibility index (Phi) is 4.72. The first kappa shape index (κ1) is 20.0. The lowest BCUT2D eigenvalue weighted by molar-refractivity contribution is -0.189. The number of allylic oxidation sites excluding steroid dienone is 4. The number of ketones is 1. The van der Waals surface area contributed by atoms with Gasteiger partial charge in [-0.3, -0.25) is 4.79 Å². The smallest absolute Gasteiger partial charge is 0.178 e. The Labute approximate surface area is 170 Å². The topological polar surface area (TPSA) is 37.3 Å². The molecule has 3 saturated carbocycles. The van der Waals surface area contributed by atoms with Crippen LogP contribution in [0.25, 0.3) is 0 Å². The summed E-state index contributed by atoms with van der Waals surface area (Å²) >= 11 is 3.90. The summed E-state index contributed by atoms with van der Waals surface area (Å²) in [5.74, 6) is 1.11. The van der Waals surface area contributed by atoms with Crippen molar-refractivity contribution in [2.75, 3.05) is 12.0 Å². The lowest BCUT2D eigenvalue weighted by atomic mass is 9.46. The fourth-order valence-corrected chi connectivity index (χ4v) is 10.2. The van der Waals surface area contributed by atoms with Crippen molar-refractivity contribution in [1.29, 1.82) is 0 Å². The van der Waals surface area contributed by atoms with Crippen LogP contribution in [0.4, 0.5) is 4.39 Å². The van der Waals surface area contributed by atoms with Crippen LogP contribution in [0, 0.1) is 22.7 Å². The minimum atomic E-state index is -1.69. The van der Waals surface area contributed by atoms with Crippen LogP contribution in [0.2, 0.25) is 0 Å². The Morgan fingerprint density at radius 3 is 2.70 bits per heavy atom. The number of aliphatic hydroxyl groups is 1. The summed E-state index contributed by atoms with van der Waals surface area (Å²) in [5, 5.41) is 11.3. The highest BCUT2D eigenvalue weighted by molar-refractivity contribution is 8.18. The maximum absolute atomic E-state index is 16.9. The van der Waals surface area contributed by atoms with Gasteiger partial charge in [0.15, 0.2) is 11.5 Å². The van der Waals surface area contributed by atoms with E-state index >= 15 is 4.39 Å². The van der Waals surface area contributed by atoms with Gasteiger partial charge in [0.25, 0.3) is 0 Å². The van der Waals surface area contributed by atoms with E-state index in [-0.39, 0.29) is 27.1 Å². The Morgan fingerprint density at radius 2 is 2.04 bits per heavy atom. The summed E-state index contributed by atoms with van der Waals surface area (Å²) in [5.41, 5.74) is -1.76. The number of rotatable bonds is 3. The number of fused-ring (bicyclic) bond motifs is 5. The number of hydrogen-bond donors (Lipinski definition) is 1. The zero-order valence-corrected chi connectivity index (χ0v) is 18.4. The van der Waals surface area contributed by atoms with Gasteiger partial charge in [0.2, 0.25) is 0 Å². The van der Waals surface area contributed by atoms with Gasteiger partial charge in [0.05, 0.1) is 10.2 Å². The van der Waals surface area contributed by atoms with Gasteiger partial charge in [0, 0.05) is 11.3 Å². The molecule has 0 aromatic rings. The molecule has 0 heterocycles. The third kappa shape index (κ3) is 2.34. The van der Waals surface area contributed by atoms with E-state index < -0.39 is 17.2 Å². The minimum absolute atomic E-state index is 0.0544. The monoisotopic (exact) mass is 410 g/mol. The summed E-state index contributed by atoms with van der Waals surface area (Å²) in [6, 6.07) is 0. The second kappa shape index (κ2) is 6.37. The molecule has 5 heteroatoms. The van der Waals surface area contributed by atoms with Gasteiger partial charge in [-0.05, 0) is 74.5 Å². The van der Waals surface area contributed by atoms with E-state index in [0.29, 0.717) is 6.42 Å². The second-order valence-corrected chi connectivity index (χ2v) is 12.1. The van der Waals surface area contributed by atoms with Gasteiger partial charge in [-0.2, -0.15) is 0 Å². The molecule has 150 valence electrons. The third-order valence-corrected chi connectivity index (χ3v) is 12.0. The number of hydrogen-bond acceptors (Lipinski definition) is 4. The molecular formula is C22H31FO2S2. The zero-order valence-electron chi connectivity index (χ0n) is 16.8. The van der Waals surface area contributed by atoms with Crippen molar-refractivity contribution in [3.8, 4) is 0 Å². The molecule has 0 aromatic carbocycles. The first-order valence-electron chi connectivity index (χ1n) is 10.2. The van der Waals surface area contributed by atoms with Crippen LogP contribution in [0.5, 0.6) is 0 Å². The predicted octanol–water partition coefficient (Wildman–Crippen LogP) is 5.17. The van der Waals surface area contributed by atoms with E-state index in [1.54, 1.807) is 12.2 Å². The molecule has 4 aliphatic carbocycles. The molecular weight excluding hydrogens is 379 g/mol. The molecule has 0 radical (unpaired) electrons. The van der Waals surface area contributed by atoms with E-state index in [1.807, 2.05) is 30.4 Å². The molecule has 4 aliphatic rings. The van der Waals surface area contributed by atoms with Gasteiger partial charge in [-0.25, -0.2) is 4.39 Å². The van der Waals surface area contributed by atoms with Crippen LogP contribution < -0.4 is 0 Å². The second-order valence-electron chi connectivity index (χ2n) is 9.19. The molecule has 0 aromatic heterocycles. The number of alkyl halides is 1. The van der Waals surface area contributed by atoms with Crippen molar-refractivity contribution >= 4 is 29.3 Å². The molecule has 7 atom stereocenters. The molecule has 7 unspecified atom stereocenters. The van der Waals surface area contributed by atoms with E-state index in [0.717, 1.165) is 37.0 Å². The van der Waals surface area contributed by atoms with Crippen LogP contribution in [0.15, 0.2) is 23.8 Å². The van der Waals surface area contributed by atoms with E-state index in [4.69, 9.17) is 0 Å². The highest BCUT2D eigenvalue weighted by atomic mass is 32.2. The van der Waals surface area contributed by atoms with E-state index in [1.165, 1.54) is 6.08 Å². The molecule has 0 amide bonds. The average Bonchev–Trinajstić information content (AvgIpc) is 2.90. The molecule has 0 bridgehead atoms. The number of carbonyl (C=O) groups is 1. The Hall–Kier alpha value is -0.260. The van der Waals surface area contributed by atoms with Gasteiger partial charge >= 0.3 is 0 Å². The predicted molar refractivity (Wildman–Crippen MR) is 113 cm³/mol. The molecule has 0 saturated heterocycles. The Balaban J connectivity index is 1.80. The lowest BCUT2D eigenvalue weighted by Gasteiger charge is -2.63. The highest BCUT2D eigenvalue weighted by Gasteiger charge is 2.72. The average molecular weight is 411 g/mol. The van der Waals surface area contributed by atoms with Crippen molar-refractivity contribution < 1.29 is 14.3 Å². The normalized spacial score (nSPS) is 51.4. The molecule has 3 fully saturated rings. The van der Waals surface area contributed by atoms with Gasteiger partial charge in [-0.15, -0.1) is 23.5 Å². The van der Waals surface area contributed by atoms with Gasteiger partial charge in [0.1, 0.15) is 0 Å². The van der Waals surface area contributed by atoms with Crippen LogP contribution >= 0.6 is 23.5 Å². The molecule has 0 aliphatic heterocycles. The van der Waals surface area contributed by atoms with E-state index in [2.05, 4.69) is 20.1 Å². The highest BCUT2D eigenvalue weighted by Crippen LogP contribution is 2.73. The number of carbonyl (C=O) groups excluding carboxylic acids is 1. The third-order valence-electron chi connectivity index (χ3n) is 8.39. The van der Waals surface area contributed by atoms with Crippen molar-refractivity contribution in [1.82, 2.24) is 0 Å². The van der Waals surface area contributed by atoms with Crippen molar-refractivity contribution in [2.45, 2.75) is 68.7 Å². The van der Waals surface area contributed by atoms with Crippen molar-refractivity contribution in [3.63, 3.8) is 0 Å². The first-order valence-corrected chi connectivity index (χ1v) is 12.4. The quantitative estimate of drug-likeness (QED) is 0.651. The number of halogens is 1.